The maximum absolute atomic E-state index is 13.6. The van der Waals surface area contributed by atoms with Gasteiger partial charge in [0.05, 0.1) is 17.2 Å². The molecule has 1 amide bonds. The van der Waals surface area contributed by atoms with Crippen LogP contribution < -0.4 is 5.32 Å². The summed E-state index contributed by atoms with van der Waals surface area (Å²) >= 11 is 0. The summed E-state index contributed by atoms with van der Waals surface area (Å²) in [5, 5.41) is 16.6. The van der Waals surface area contributed by atoms with Gasteiger partial charge in [0.25, 0.3) is 0 Å². The number of carbonyl (C=O) groups is 1. The van der Waals surface area contributed by atoms with E-state index in [1.165, 1.54) is 11.4 Å². The monoisotopic (exact) mass is 485 g/mol. The SMILES string of the molecule is CON=C1C[C@@H](C(=O)N[C@@H]2CCCC[C@H]2CO)N(S(=O)(=O)c2ccc(-c3ccccc3)cc2)C1. The molecule has 1 aliphatic carbocycles. The highest BCUT2D eigenvalue weighted by Gasteiger charge is 2.43. The van der Waals surface area contributed by atoms with E-state index in [9.17, 15) is 18.3 Å². The number of sulfonamides is 1. The van der Waals surface area contributed by atoms with Gasteiger partial charge in [-0.05, 0) is 36.1 Å². The first-order valence-corrected chi connectivity index (χ1v) is 13.1. The molecule has 34 heavy (non-hydrogen) atoms. The summed E-state index contributed by atoms with van der Waals surface area (Å²) in [5.74, 6) is -0.377. The maximum Gasteiger partial charge on any atom is 0.244 e. The Balaban J connectivity index is 1.57. The van der Waals surface area contributed by atoms with Gasteiger partial charge in [-0.15, -0.1) is 0 Å². The van der Waals surface area contributed by atoms with Crippen LogP contribution in [0.5, 0.6) is 0 Å². The molecule has 2 aromatic carbocycles. The molecule has 2 fully saturated rings. The summed E-state index contributed by atoms with van der Waals surface area (Å²) in [4.78, 5) is 18.2. The van der Waals surface area contributed by atoms with E-state index < -0.39 is 16.1 Å². The van der Waals surface area contributed by atoms with E-state index >= 15 is 0 Å². The second-order valence-electron chi connectivity index (χ2n) is 8.84. The minimum atomic E-state index is -3.96. The van der Waals surface area contributed by atoms with Crippen molar-refractivity contribution in [3.63, 3.8) is 0 Å². The molecule has 0 spiro atoms. The number of hydrogen-bond donors (Lipinski definition) is 2. The normalized spacial score (nSPS) is 24.8. The molecular formula is C25H31N3O5S. The van der Waals surface area contributed by atoms with Crippen LogP contribution in [-0.4, -0.2) is 61.8 Å². The summed E-state index contributed by atoms with van der Waals surface area (Å²) < 4.78 is 28.3. The fourth-order valence-corrected chi connectivity index (χ4v) is 6.41. The average Bonchev–Trinajstić information content (AvgIpc) is 3.30. The predicted molar refractivity (Wildman–Crippen MR) is 130 cm³/mol. The molecule has 9 heteroatoms. The lowest BCUT2D eigenvalue weighted by Gasteiger charge is -2.32. The minimum Gasteiger partial charge on any atom is -0.399 e. The standard InChI is InChI=1S/C25H31N3O5S/c1-33-27-21-15-24(25(30)26-23-10-6-5-9-20(23)17-29)28(16-21)34(31,32)22-13-11-19(12-14-22)18-7-3-2-4-8-18/h2-4,7-8,11-14,20,23-24,29H,5-6,9-10,15-17H2,1H3,(H,26,30)/t20-,23+,24-/m0/s1. The average molecular weight is 486 g/mol. The molecule has 2 aliphatic rings. The fraction of sp³-hybridized carbons (Fsp3) is 0.440. The molecule has 1 aliphatic heterocycles. The van der Waals surface area contributed by atoms with Crippen molar-refractivity contribution >= 4 is 21.6 Å². The van der Waals surface area contributed by atoms with Crippen molar-refractivity contribution < 1.29 is 23.2 Å². The molecule has 1 heterocycles. The predicted octanol–water partition coefficient (Wildman–Crippen LogP) is 2.79. The third-order valence-corrected chi connectivity index (χ3v) is 8.55. The summed E-state index contributed by atoms with van der Waals surface area (Å²) in [7, 11) is -2.56. The van der Waals surface area contributed by atoms with Crippen molar-refractivity contribution in [2.24, 2.45) is 11.1 Å². The Kier molecular flexibility index (Phi) is 7.65. The van der Waals surface area contributed by atoms with Gasteiger partial charge in [0.15, 0.2) is 0 Å². The van der Waals surface area contributed by atoms with E-state index in [2.05, 4.69) is 10.5 Å². The van der Waals surface area contributed by atoms with Gasteiger partial charge < -0.3 is 15.3 Å². The molecule has 4 rings (SSSR count). The van der Waals surface area contributed by atoms with E-state index in [-0.39, 0.29) is 42.3 Å². The Morgan fingerprint density at radius 3 is 2.44 bits per heavy atom. The molecule has 3 atom stereocenters. The smallest absolute Gasteiger partial charge is 0.244 e. The Morgan fingerprint density at radius 2 is 1.76 bits per heavy atom. The minimum absolute atomic E-state index is 0.00176. The zero-order chi connectivity index (χ0) is 24.1. The maximum atomic E-state index is 13.6. The number of nitrogens with zero attached hydrogens (tertiary/aromatic N) is 2. The highest BCUT2D eigenvalue weighted by atomic mass is 32.2. The third kappa shape index (κ3) is 5.16. The molecule has 0 radical (unpaired) electrons. The van der Waals surface area contributed by atoms with E-state index in [1.807, 2.05) is 30.3 Å². The van der Waals surface area contributed by atoms with E-state index in [4.69, 9.17) is 4.84 Å². The highest BCUT2D eigenvalue weighted by Crippen LogP contribution is 2.29. The van der Waals surface area contributed by atoms with E-state index in [0.29, 0.717) is 5.71 Å². The van der Waals surface area contributed by atoms with Crippen LogP contribution in [0.15, 0.2) is 64.6 Å². The highest BCUT2D eigenvalue weighted by molar-refractivity contribution is 7.89. The Bertz CT molecular complexity index is 1120. The number of nitrogens with one attached hydrogen (secondary N) is 1. The van der Waals surface area contributed by atoms with Crippen LogP contribution in [0.25, 0.3) is 11.1 Å². The lowest BCUT2D eigenvalue weighted by molar-refractivity contribution is -0.125. The van der Waals surface area contributed by atoms with Gasteiger partial charge in [-0.25, -0.2) is 8.42 Å². The number of amides is 1. The second-order valence-corrected chi connectivity index (χ2v) is 10.7. The van der Waals surface area contributed by atoms with Gasteiger partial charge >= 0.3 is 0 Å². The number of rotatable bonds is 7. The van der Waals surface area contributed by atoms with Crippen LogP contribution in [0.1, 0.15) is 32.1 Å². The van der Waals surface area contributed by atoms with Gasteiger partial charge in [0.1, 0.15) is 13.2 Å². The summed E-state index contributed by atoms with van der Waals surface area (Å²) in [5.41, 5.74) is 2.39. The summed E-state index contributed by atoms with van der Waals surface area (Å²) in [6.07, 6.45) is 3.77. The number of carbonyl (C=O) groups excluding carboxylic acids is 1. The second kappa shape index (κ2) is 10.7. The number of hydrogen-bond acceptors (Lipinski definition) is 6. The van der Waals surface area contributed by atoms with Gasteiger partial charge in [-0.1, -0.05) is 60.5 Å². The first kappa shape index (κ1) is 24.4. The Morgan fingerprint density at radius 1 is 1.09 bits per heavy atom. The van der Waals surface area contributed by atoms with Crippen LogP contribution in [0.3, 0.4) is 0 Å². The van der Waals surface area contributed by atoms with Crippen LogP contribution in [0.4, 0.5) is 0 Å². The van der Waals surface area contributed by atoms with Crippen molar-refractivity contribution in [3.05, 3.63) is 54.6 Å². The van der Waals surface area contributed by atoms with Crippen molar-refractivity contribution in [1.82, 2.24) is 9.62 Å². The first-order valence-electron chi connectivity index (χ1n) is 11.6. The van der Waals surface area contributed by atoms with Crippen LogP contribution >= 0.6 is 0 Å². The quantitative estimate of drug-likeness (QED) is 0.587. The summed E-state index contributed by atoms with van der Waals surface area (Å²) in [6.45, 7) is -0.00936. The fourth-order valence-electron chi connectivity index (χ4n) is 4.83. The van der Waals surface area contributed by atoms with Crippen LogP contribution in [-0.2, 0) is 19.7 Å². The number of benzene rings is 2. The molecule has 2 aromatic rings. The molecule has 1 saturated heterocycles. The zero-order valence-electron chi connectivity index (χ0n) is 19.3. The molecular weight excluding hydrogens is 454 g/mol. The van der Waals surface area contributed by atoms with Crippen molar-refractivity contribution in [2.45, 2.75) is 49.1 Å². The molecule has 2 N–H and O–H groups in total. The number of aliphatic hydroxyl groups excluding tert-OH is 1. The van der Waals surface area contributed by atoms with Crippen molar-refractivity contribution in [2.75, 3.05) is 20.3 Å². The Hall–Kier alpha value is -2.75. The largest absolute Gasteiger partial charge is 0.399 e. The molecule has 0 bridgehead atoms. The first-order chi connectivity index (χ1) is 16.4. The van der Waals surface area contributed by atoms with Gasteiger partial charge in [0, 0.05) is 25.0 Å². The molecule has 8 nitrogen and oxygen atoms in total. The Labute approximate surface area is 200 Å². The topological polar surface area (TPSA) is 108 Å². The van der Waals surface area contributed by atoms with Gasteiger partial charge in [-0.3, -0.25) is 4.79 Å². The van der Waals surface area contributed by atoms with Crippen LogP contribution in [0.2, 0.25) is 0 Å². The molecule has 182 valence electrons. The van der Waals surface area contributed by atoms with Crippen molar-refractivity contribution in [3.8, 4) is 11.1 Å². The third-order valence-electron chi connectivity index (χ3n) is 6.68. The molecule has 0 aromatic heterocycles. The lowest BCUT2D eigenvalue weighted by atomic mass is 9.85. The molecule has 1 saturated carbocycles. The van der Waals surface area contributed by atoms with E-state index in [0.717, 1.165) is 36.8 Å². The summed E-state index contributed by atoms with van der Waals surface area (Å²) in [6, 6.07) is 15.3. The zero-order valence-corrected chi connectivity index (χ0v) is 20.1. The van der Waals surface area contributed by atoms with Gasteiger partial charge in [-0.2, -0.15) is 4.31 Å². The molecule has 0 unspecified atom stereocenters. The van der Waals surface area contributed by atoms with Gasteiger partial charge in [0.2, 0.25) is 15.9 Å². The van der Waals surface area contributed by atoms with Crippen molar-refractivity contribution in [1.29, 1.82) is 0 Å². The lowest BCUT2D eigenvalue weighted by Crippen LogP contribution is -2.51. The van der Waals surface area contributed by atoms with Crippen LogP contribution in [0, 0.1) is 5.92 Å². The number of aliphatic hydroxyl groups is 1. The van der Waals surface area contributed by atoms with E-state index in [1.54, 1.807) is 24.3 Å². The number of oxime groups is 1.